The Morgan fingerprint density at radius 3 is 2.56 bits per heavy atom. The normalized spacial score (nSPS) is 15.5. The molecule has 0 bridgehead atoms. The zero-order valence-corrected chi connectivity index (χ0v) is 19.4. The topological polar surface area (TPSA) is 16.1 Å². The highest BCUT2D eigenvalue weighted by Crippen LogP contribution is 2.41. The molecule has 0 N–H and O–H groups in total. The van der Waals surface area contributed by atoms with E-state index in [1.54, 1.807) is 0 Å². The second kappa shape index (κ2) is 8.78. The van der Waals surface area contributed by atoms with Crippen molar-refractivity contribution in [3.8, 4) is 11.3 Å². The lowest BCUT2D eigenvalue weighted by molar-refractivity contribution is 0.518. The Morgan fingerprint density at radius 1 is 0.938 bits per heavy atom. The molecule has 32 heavy (non-hydrogen) atoms. The average Bonchev–Trinajstić information content (AvgIpc) is 2.84. The van der Waals surface area contributed by atoms with Crippen LogP contribution in [0.1, 0.15) is 55.1 Å². The summed E-state index contributed by atoms with van der Waals surface area (Å²) in [4.78, 5) is 7.86. The summed E-state index contributed by atoms with van der Waals surface area (Å²) < 4.78 is 0. The van der Waals surface area contributed by atoms with Crippen molar-refractivity contribution in [2.45, 2.75) is 52.5 Å². The second-order valence-corrected chi connectivity index (χ2v) is 8.89. The predicted molar refractivity (Wildman–Crippen MR) is 136 cm³/mol. The van der Waals surface area contributed by atoms with Crippen molar-refractivity contribution in [1.29, 1.82) is 0 Å². The van der Waals surface area contributed by atoms with Crippen LogP contribution in [0.5, 0.6) is 0 Å². The van der Waals surface area contributed by atoms with Crippen LogP contribution >= 0.6 is 0 Å². The van der Waals surface area contributed by atoms with Gasteiger partial charge in [0.05, 0.1) is 11.7 Å². The Kier molecular flexibility index (Phi) is 5.70. The first-order chi connectivity index (χ1) is 15.7. The van der Waals surface area contributed by atoms with Gasteiger partial charge in [0, 0.05) is 28.9 Å². The van der Waals surface area contributed by atoms with Crippen LogP contribution in [0.4, 0.5) is 5.69 Å². The minimum atomic E-state index is 0.373. The summed E-state index contributed by atoms with van der Waals surface area (Å²) in [6.07, 6.45) is 4.46. The van der Waals surface area contributed by atoms with E-state index in [4.69, 9.17) is 4.98 Å². The molecule has 162 valence electrons. The Labute approximate surface area is 191 Å². The molecule has 0 spiro atoms. The minimum Gasteiger partial charge on any atom is -0.364 e. The van der Waals surface area contributed by atoms with E-state index in [2.05, 4.69) is 98.5 Å². The first-order valence-corrected chi connectivity index (χ1v) is 12.0. The first kappa shape index (κ1) is 20.8. The minimum absolute atomic E-state index is 0.373. The predicted octanol–water partition coefficient (Wildman–Crippen LogP) is 7.68. The van der Waals surface area contributed by atoms with E-state index in [1.165, 1.54) is 57.2 Å². The van der Waals surface area contributed by atoms with Crippen LogP contribution < -0.4 is 4.90 Å². The molecule has 3 aromatic carbocycles. The third kappa shape index (κ3) is 3.58. The van der Waals surface area contributed by atoms with E-state index in [9.17, 15) is 0 Å². The van der Waals surface area contributed by atoms with Crippen molar-refractivity contribution >= 4 is 16.5 Å². The maximum Gasteiger partial charge on any atom is 0.0710 e. The third-order valence-corrected chi connectivity index (χ3v) is 7.04. The molecule has 2 heteroatoms. The van der Waals surface area contributed by atoms with E-state index in [0.717, 1.165) is 25.1 Å². The fraction of sp³-hybridized carbons (Fsp3) is 0.300. The highest BCUT2D eigenvalue weighted by molar-refractivity contribution is 5.94. The lowest BCUT2D eigenvalue weighted by Gasteiger charge is -2.38. The SMILES string of the molecule is CCc1ccccc1-c1cc(C)c2c(n1)CCCC2N(CC)c1cccc2ccccc12. The third-order valence-electron chi connectivity index (χ3n) is 7.04. The molecular formula is C30H32N2. The standard InChI is InChI=1S/C30H32N2/c1-4-22-12-6-8-15-24(22)27-20-21(3)30-26(31-27)17-11-19-29(30)32(5-2)28-18-10-14-23-13-7-9-16-25(23)28/h6-10,12-16,18,20,29H,4-5,11,17,19H2,1-3H3. The molecule has 1 heterocycles. The van der Waals surface area contributed by atoms with Crippen molar-refractivity contribution in [3.63, 3.8) is 0 Å². The van der Waals surface area contributed by atoms with Gasteiger partial charge in [0.25, 0.3) is 0 Å². The van der Waals surface area contributed by atoms with E-state index < -0.39 is 0 Å². The molecule has 0 saturated carbocycles. The highest BCUT2D eigenvalue weighted by atomic mass is 15.2. The van der Waals surface area contributed by atoms with Gasteiger partial charge in [-0.2, -0.15) is 0 Å². The van der Waals surface area contributed by atoms with Crippen molar-refractivity contribution in [2.75, 3.05) is 11.4 Å². The molecule has 0 fully saturated rings. The van der Waals surface area contributed by atoms with Crippen LogP contribution in [0.15, 0.2) is 72.8 Å². The van der Waals surface area contributed by atoms with Crippen LogP contribution in [-0.4, -0.2) is 11.5 Å². The lowest BCUT2D eigenvalue weighted by Crippen LogP contribution is -2.32. The number of rotatable bonds is 5. The Hall–Kier alpha value is -3.13. The molecule has 0 radical (unpaired) electrons. The Balaban J connectivity index is 1.61. The van der Waals surface area contributed by atoms with Crippen molar-refractivity contribution in [3.05, 3.63) is 95.2 Å². The van der Waals surface area contributed by atoms with Gasteiger partial charge < -0.3 is 4.90 Å². The largest absolute Gasteiger partial charge is 0.364 e. The summed E-state index contributed by atoms with van der Waals surface area (Å²) in [5.41, 5.74) is 9.24. The number of pyridine rings is 1. The molecule has 0 amide bonds. The number of nitrogens with zero attached hydrogens (tertiary/aromatic N) is 2. The molecule has 0 saturated heterocycles. The fourth-order valence-corrected chi connectivity index (χ4v) is 5.55. The van der Waals surface area contributed by atoms with Crippen LogP contribution in [0.25, 0.3) is 22.0 Å². The van der Waals surface area contributed by atoms with E-state index >= 15 is 0 Å². The van der Waals surface area contributed by atoms with Crippen LogP contribution in [0.3, 0.4) is 0 Å². The van der Waals surface area contributed by atoms with Gasteiger partial charge in [-0.15, -0.1) is 0 Å². The fourth-order valence-electron chi connectivity index (χ4n) is 5.55. The Bertz CT molecular complexity index is 1250. The van der Waals surface area contributed by atoms with E-state index in [1.807, 2.05) is 0 Å². The van der Waals surface area contributed by atoms with E-state index in [0.29, 0.717) is 6.04 Å². The zero-order chi connectivity index (χ0) is 22.1. The molecule has 1 aliphatic carbocycles. The number of benzene rings is 3. The number of aryl methyl sites for hydroxylation is 3. The molecule has 1 aliphatic rings. The van der Waals surface area contributed by atoms with Gasteiger partial charge in [0.15, 0.2) is 0 Å². The van der Waals surface area contributed by atoms with Gasteiger partial charge in [0.2, 0.25) is 0 Å². The quantitative estimate of drug-likeness (QED) is 0.329. The van der Waals surface area contributed by atoms with E-state index in [-0.39, 0.29) is 0 Å². The van der Waals surface area contributed by atoms with Crippen molar-refractivity contribution in [1.82, 2.24) is 4.98 Å². The Morgan fingerprint density at radius 2 is 1.72 bits per heavy atom. The zero-order valence-electron chi connectivity index (χ0n) is 19.4. The molecule has 5 rings (SSSR count). The second-order valence-electron chi connectivity index (χ2n) is 8.89. The van der Waals surface area contributed by atoms with Gasteiger partial charge in [-0.25, -0.2) is 0 Å². The summed E-state index contributed by atoms with van der Waals surface area (Å²) in [6, 6.07) is 26.9. The average molecular weight is 421 g/mol. The summed E-state index contributed by atoms with van der Waals surface area (Å²) in [7, 11) is 0. The summed E-state index contributed by atoms with van der Waals surface area (Å²) >= 11 is 0. The van der Waals surface area contributed by atoms with Gasteiger partial charge in [-0.1, -0.05) is 67.6 Å². The van der Waals surface area contributed by atoms with Crippen LogP contribution in [-0.2, 0) is 12.8 Å². The van der Waals surface area contributed by atoms with Gasteiger partial charge in [0.1, 0.15) is 0 Å². The number of anilines is 1. The number of hydrogen-bond acceptors (Lipinski definition) is 2. The number of hydrogen-bond donors (Lipinski definition) is 0. The number of fused-ring (bicyclic) bond motifs is 2. The van der Waals surface area contributed by atoms with Crippen molar-refractivity contribution in [2.24, 2.45) is 0 Å². The summed E-state index contributed by atoms with van der Waals surface area (Å²) in [6.45, 7) is 7.78. The number of aromatic nitrogens is 1. The first-order valence-electron chi connectivity index (χ1n) is 12.0. The van der Waals surface area contributed by atoms with Crippen molar-refractivity contribution < 1.29 is 0 Å². The smallest absolute Gasteiger partial charge is 0.0710 e. The summed E-state index contributed by atoms with van der Waals surface area (Å²) in [5.74, 6) is 0. The van der Waals surface area contributed by atoms with Gasteiger partial charge >= 0.3 is 0 Å². The maximum atomic E-state index is 5.25. The van der Waals surface area contributed by atoms with Gasteiger partial charge in [-0.05, 0) is 73.7 Å². The van der Waals surface area contributed by atoms with Crippen LogP contribution in [0, 0.1) is 6.92 Å². The monoisotopic (exact) mass is 420 g/mol. The van der Waals surface area contributed by atoms with Gasteiger partial charge in [-0.3, -0.25) is 4.98 Å². The molecule has 1 atom stereocenters. The lowest BCUT2D eigenvalue weighted by atomic mass is 9.85. The molecule has 1 aromatic heterocycles. The molecule has 1 unspecified atom stereocenters. The highest BCUT2D eigenvalue weighted by Gasteiger charge is 2.29. The maximum absolute atomic E-state index is 5.25. The summed E-state index contributed by atoms with van der Waals surface area (Å²) in [5, 5.41) is 2.64. The molecule has 2 nitrogen and oxygen atoms in total. The molecule has 4 aromatic rings. The molecular weight excluding hydrogens is 388 g/mol. The molecule has 0 aliphatic heterocycles. The van der Waals surface area contributed by atoms with Crippen LogP contribution in [0.2, 0.25) is 0 Å².